The molecular formula is C29H20N2O2. The fourth-order valence-corrected chi connectivity index (χ4v) is 3.82. The molecule has 0 spiro atoms. The van der Waals surface area contributed by atoms with Crippen molar-refractivity contribution in [2.24, 2.45) is 0 Å². The Bertz CT molecular complexity index is 1570. The fraction of sp³-hybridized carbons (Fsp3) is 0.0345. The third-order valence-electron chi connectivity index (χ3n) is 5.62. The summed E-state index contributed by atoms with van der Waals surface area (Å²) in [7, 11) is 0. The van der Waals surface area contributed by atoms with Gasteiger partial charge in [-0.3, -0.25) is 0 Å². The summed E-state index contributed by atoms with van der Waals surface area (Å²) in [5.74, 6) is 1.28. The molecule has 0 fully saturated rings. The van der Waals surface area contributed by atoms with Crippen LogP contribution in [-0.4, -0.2) is 9.97 Å². The van der Waals surface area contributed by atoms with E-state index >= 15 is 0 Å². The summed E-state index contributed by atoms with van der Waals surface area (Å²) in [6, 6.07) is 30.2. The van der Waals surface area contributed by atoms with Crippen LogP contribution in [0.5, 0.6) is 0 Å². The van der Waals surface area contributed by atoms with E-state index in [0.29, 0.717) is 11.8 Å². The molecule has 158 valence electrons. The highest BCUT2D eigenvalue weighted by molar-refractivity contribution is 5.78. The van der Waals surface area contributed by atoms with Crippen LogP contribution in [0.1, 0.15) is 16.7 Å². The molecule has 0 aliphatic carbocycles. The maximum atomic E-state index is 5.90. The molecule has 0 bridgehead atoms. The summed E-state index contributed by atoms with van der Waals surface area (Å²) in [5, 5.41) is 0. The summed E-state index contributed by atoms with van der Waals surface area (Å²) in [5.41, 5.74) is 8.66. The topological polar surface area (TPSA) is 52.1 Å². The molecule has 0 aliphatic rings. The molecule has 6 rings (SSSR count). The Morgan fingerprint density at radius 3 is 1.73 bits per heavy atom. The van der Waals surface area contributed by atoms with Crippen LogP contribution in [0.4, 0.5) is 0 Å². The van der Waals surface area contributed by atoms with Crippen LogP contribution in [0, 0.1) is 6.92 Å². The van der Waals surface area contributed by atoms with Crippen LogP contribution in [0.3, 0.4) is 0 Å². The average Bonchev–Trinajstić information content (AvgIpc) is 3.47. The lowest BCUT2D eigenvalue weighted by Crippen LogP contribution is -1.79. The van der Waals surface area contributed by atoms with Crippen molar-refractivity contribution in [1.82, 2.24) is 9.97 Å². The van der Waals surface area contributed by atoms with Crippen LogP contribution in [0.2, 0.25) is 0 Å². The lowest BCUT2D eigenvalue weighted by Gasteiger charge is -1.99. The van der Waals surface area contributed by atoms with Gasteiger partial charge in [-0.15, -0.1) is 0 Å². The molecule has 0 amide bonds. The highest BCUT2D eigenvalue weighted by Crippen LogP contribution is 2.26. The zero-order chi connectivity index (χ0) is 22.2. The van der Waals surface area contributed by atoms with Gasteiger partial charge in [-0.05, 0) is 72.1 Å². The molecule has 4 heteroatoms. The summed E-state index contributed by atoms with van der Waals surface area (Å²) in [6.45, 7) is 2.05. The molecule has 4 nitrogen and oxygen atoms in total. The molecule has 0 aliphatic heterocycles. The van der Waals surface area contributed by atoms with Gasteiger partial charge in [0.05, 0.1) is 0 Å². The summed E-state index contributed by atoms with van der Waals surface area (Å²) in [4.78, 5) is 9.18. The van der Waals surface area contributed by atoms with Gasteiger partial charge >= 0.3 is 0 Å². The summed E-state index contributed by atoms with van der Waals surface area (Å²) < 4.78 is 11.8. The lowest BCUT2D eigenvalue weighted by atomic mass is 10.1. The quantitative estimate of drug-likeness (QED) is 0.269. The van der Waals surface area contributed by atoms with Crippen LogP contribution in [-0.2, 0) is 0 Å². The first-order valence-electron chi connectivity index (χ1n) is 10.8. The number of hydrogen-bond donors (Lipinski definition) is 0. The van der Waals surface area contributed by atoms with E-state index in [4.69, 9.17) is 8.83 Å². The molecule has 0 radical (unpaired) electrons. The molecule has 2 aromatic heterocycles. The SMILES string of the molecule is Cc1ccc2oc(-c3ccc(/C=C\c4ccc(-c5nc6ccccc6o5)cc4)cc3)nc2c1. The van der Waals surface area contributed by atoms with Crippen molar-refractivity contribution >= 4 is 34.4 Å². The first-order valence-corrected chi connectivity index (χ1v) is 10.8. The zero-order valence-electron chi connectivity index (χ0n) is 18.0. The van der Waals surface area contributed by atoms with Gasteiger partial charge in [0, 0.05) is 11.1 Å². The van der Waals surface area contributed by atoms with Gasteiger partial charge in [0.25, 0.3) is 0 Å². The molecule has 0 atom stereocenters. The van der Waals surface area contributed by atoms with Crippen LogP contribution in [0.15, 0.2) is 99.8 Å². The summed E-state index contributed by atoms with van der Waals surface area (Å²) >= 11 is 0. The number of hydrogen-bond acceptors (Lipinski definition) is 4. The Balaban J connectivity index is 1.19. The molecule has 0 saturated heterocycles. The Morgan fingerprint density at radius 1 is 0.576 bits per heavy atom. The summed E-state index contributed by atoms with van der Waals surface area (Å²) in [6.07, 6.45) is 4.18. The van der Waals surface area contributed by atoms with E-state index in [2.05, 4.69) is 53.3 Å². The van der Waals surface area contributed by atoms with E-state index in [9.17, 15) is 0 Å². The van der Waals surface area contributed by atoms with E-state index in [-0.39, 0.29) is 0 Å². The van der Waals surface area contributed by atoms with Crippen molar-refractivity contribution in [3.8, 4) is 22.9 Å². The Morgan fingerprint density at radius 2 is 1.12 bits per heavy atom. The number of rotatable bonds is 4. The van der Waals surface area contributed by atoms with Gasteiger partial charge in [0.1, 0.15) is 11.0 Å². The average molecular weight is 428 g/mol. The zero-order valence-corrected chi connectivity index (χ0v) is 18.0. The lowest BCUT2D eigenvalue weighted by molar-refractivity contribution is 0.619. The normalized spacial score (nSPS) is 11.7. The third kappa shape index (κ3) is 3.83. The van der Waals surface area contributed by atoms with Gasteiger partial charge in [-0.2, -0.15) is 0 Å². The van der Waals surface area contributed by atoms with Gasteiger partial charge in [0.15, 0.2) is 11.2 Å². The predicted molar refractivity (Wildman–Crippen MR) is 133 cm³/mol. The second-order valence-electron chi connectivity index (χ2n) is 8.05. The van der Waals surface area contributed by atoms with Crippen LogP contribution < -0.4 is 0 Å². The largest absolute Gasteiger partial charge is 0.436 e. The fourth-order valence-electron chi connectivity index (χ4n) is 3.82. The first-order chi connectivity index (χ1) is 16.2. The smallest absolute Gasteiger partial charge is 0.227 e. The molecule has 0 saturated carbocycles. The second-order valence-corrected chi connectivity index (χ2v) is 8.05. The van der Waals surface area contributed by atoms with Crippen LogP contribution in [0.25, 0.3) is 57.3 Å². The Labute approximate surface area is 190 Å². The van der Waals surface area contributed by atoms with Crippen molar-refractivity contribution in [3.63, 3.8) is 0 Å². The molecule has 6 aromatic rings. The molecule has 4 aromatic carbocycles. The Hall–Kier alpha value is -4.44. The van der Waals surface area contributed by atoms with E-state index < -0.39 is 0 Å². The molecule has 0 unspecified atom stereocenters. The van der Waals surface area contributed by atoms with E-state index in [1.807, 2.05) is 66.7 Å². The monoisotopic (exact) mass is 428 g/mol. The van der Waals surface area contributed by atoms with Gasteiger partial charge < -0.3 is 8.83 Å². The number of para-hydroxylation sites is 2. The molecule has 0 N–H and O–H groups in total. The van der Waals surface area contributed by atoms with E-state index in [1.54, 1.807) is 0 Å². The predicted octanol–water partition coefficient (Wildman–Crippen LogP) is 7.78. The Kier molecular flexibility index (Phi) is 4.62. The number of aromatic nitrogens is 2. The van der Waals surface area contributed by atoms with Gasteiger partial charge in [-0.1, -0.05) is 54.6 Å². The van der Waals surface area contributed by atoms with Crippen molar-refractivity contribution in [2.75, 3.05) is 0 Å². The third-order valence-corrected chi connectivity index (χ3v) is 5.62. The van der Waals surface area contributed by atoms with Crippen molar-refractivity contribution in [1.29, 1.82) is 0 Å². The van der Waals surface area contributed by atoms with Crippen molar-refractivity contribution in [3.05, 3.63) is 108 Å². The number of oxazole rings is 2. The minimum Gasteiger partial charge on any atom is -0.436 e. The molecule has 2 heterocycles. The van der Waals surface area contributed by atoms with Gasteiger partial charge in [0.2, 0.25) is 11.8 Å². The minimum atomic E-state index is 0.636. The van der Waals surface area contributed by atoms with E-state index in [1.165, 1.54) is 5.56 Å². The number of nitrogens with zero attached hydrogens (tertiary/aromatic N) is 2. The minimum absolute atomic E-state index is 0.636. The highest BCUT2D eigenvalue weighted by atomic mass is 16.4. The molecular weight excluding hydrogens is 408 g/mol. The van der Waals surface area contributed by atoms with Crippen molar-refractivity contribution < 1.29 is 8.83 Å². The maximum absolute atomic E-state index is 5.90. The van der Waals surface area contributed by atoms with Crippen molar-refractivity contribution in [2.45, 2.75) is 6.92 Å². The number of benzene rings is 4. The number of fused-ring (bicyclic) bond motifs is 2. The second kappa shape index (κ2) is 7.92. The van der Waals surface area contributed by atoms with Crippen LogP contribution >= 0.6 is 0 Å². The maximum Gasteiger partial charge on any atom is 0.227 e. The van der Waals surface area contributed by atoms with E-state index in [0.717, 1.165) is 44.5 Å². The number of aryl methyl sites for hydroxylation is 1. The highest BCUT2D eigenvalue weighted by Gasteiger charge is 2.09. The molecule has 33 heavy (non-hydrogen) atoms. The van der Waals surface area contributed by atoms with Gasteiger partial charge in [-0.25, -0.2) is 9.97 Å². The standard InChI is InChI=1S/C29H20N2O2/c1-19-6-17-27-25(18-19)31-29(33-27)23-15-11-21(12-16-23)8-7-20-9-13-22(14-10-20)28-30-24-4-2-3-5-26(24)32-28/h2-18H,1H3/b8-7-. The first kappa shape index (κ1) is 19.3.